The van der Waals surface area contributed by atoms with E-state index < -0.39 is 24.5 Å². The van der Waals surface area contributed by atoms with E-state index in [2.05, 4.69) is 5.32 Å². The second-order valence-electron chi connectivity index (χ2n) is 3.78. The summed E-state index contributed by atoms with van der Waals surface area (Å²) in [5, 5.41) is 2.37. The Morgan fingerprint density at radius 2 is 1.93 bits per heavy atom. The van der Waals surface area contributed by atoms with Crippen LogP contribution in [0.1, 0.15) is 26.7 Å². The quantitative estimate of drug-likeness (QED) is 0.697. The molecule has 0 aliphatic rings. The standard InChI is InChI=1S/C9H17F3N2O/c1-6(2)7(13)8(15)14-5-3-4-9(10,11)12/h6-7H,3-5,13H2,1-2H3,(H,14,15)/t7-/m1/s1. The predicted octanol–water partition coefficient (Wildman–Crippen LogP) is 1.43. The van der Waals surface area contributed by atoms with Crippen LogP contribution in [0.15, 0.2) is 0 Å². The van der Waals surface area contributed by atoms with E-state index in [4.69, 9.17) is 5.73 Å². The van der Waals surface area contributed by atoms with Gasteiger partial charge >= 0.3 is 6.18 Å². The van der Waals surface area contributed by atoms with Crippen molar-refractivity contribution >= 4 is 5.91 Å². The molecule has 0 saturated heterocycles. The molecule has 0 rings (SSSR count). The molecule has 1 amide bonds. The molecule has 0 spiro atoms. The van der Waals surface area contributed by atoms with Crippen molar-refractivity contribution in [2.45, 2.75) is 38.9 Å². The lowest BCUT2D eigenvalue weighted by Crippen LogP contribution is -2.44. The van der Waals surface area contributed by atoms with Gasteiger partial charge in [-0.1, -0.05) is 13.8 Å². The molecule has 3 nitrogen and oxygen atoms in total. The second-order valence-corrected chi connectivity index (χ2v) is 3.78. The number of nitrogens with one attached hydrogen (secondary N) is 1. The van der Waals surface area contributed by atoms with E-state index in [0.29, 0.717) is 0 Å². The Bertz CT molecular complexity index is 204. The first-order valence-corrected chi connectivity index (χ1v) is 4.84. The Hall–Kier alpha value is -0.780. The molecule has 3 N–H and O–H groups in total. The summed E-state index contributed by atoms with van der Waals surface area (Å²) in [6.45, 7) is 3.57. The maximum atomic E-state index is 11.7. The Labute approximate surface area is 87.2 Å². The van der Waals surface area contributed by atoms with Gasteiger partial charge in [-0.05, 0) is 12.3 Å². The van der Waals surface area contributed by atoms with Gasteiger partial charge in [-0.25, -0.2) is 0 Å². The molecular weight excluding hydrogens is 209 g/mol. The van der Waals surface area contributed by atoms with Crippen molar-refractivity contribution in [3.05, 3.63) is 0 Å². The Morgan fingerprint density at radius 3 is 2.33 bits per heavy atom. The first kappa shape index (κ1) is 14.2. The molecule has 0 bridgehead atoms. The van der Waals surface area contributed by atoms with E-state index in [1.165, 1.54) is 0 Å². The van der Waals surface area contributed by atoms with Crippen molar-refractivity contribution in [1.82, 2.24) is 5.32 Å². The average molecular weight is 226 g/mol. The molecule has 1 atom stereocenters. The van der Waals surface area contributed by atoms with Crippen LogP contribution >= 0.6 is 0 Å². The Kier molecular flexibility index (Phi) is 5.64. The van der Waals surface area contributed by atoms with Gasteiger partial charge in [0.25, 0.3) is 0 Å². The zero-order valence-corrected chi connectivity index (χ0v) is 8.90. The predicted molar refractivity (Wildman–Crippen MR) is 51.1 cm³/mol. The number of alkyl halides is 3. The SMILES string of the molecule is CC(C)[C@@H](N)C(=O)NCCCC(F)(F)F. The minimum atomic E-state index is -4.16. The van der Waals surface area contributed by atoms with Crippen LogP contribution in [0.3, 0.4) is 0 Å². The van der Waals surface area contributed by atoms with Crippen LogP contribution in [0, 0.1) is 5.92 Å². The highest BCUT2D eigenvalue weighted by atomic mass is 19.4. The van der Waals surface area contributed by atoms with E-state index in [0.717, 1.165) is 0 Å². The van der Waals surface area contributed by atoms with E-state index >= 15 is 0 Å². The summed E-state index contributed by atoms with van der Waals surface area (Å²) in [5.41, 5.74) is 5.49. The highest BCUT2D eigenvalue weighted by Gasteiger charge is 2.26. The number of nitrogens with two attached hydrogens (primary N) is 1. The molecule has 0 fully saturated rings. The molecule has 0 heterocycles. The molecule has 0 unspecified atom stereocenters. The fourth-order valence-electron chi connectivity index (χ4n) is 0.921. The fourth-order valence-corrected chi connectivity index (χ4v) is 0.921. The lowest BCUT2D eigenvalue weighted by Gasteiger charge is -2.15. The summed E-state index contributed by atoms with van der Waals surface area (Å²) in [6, 6.07) is -0.657. The molecular formula is C9H17F3N2O. The lowest BCUT2D eigenvalue weighted by molar-refractivity contribution is -0.136. The number of hydrogen-bond donors (Lipinski definition) is 2. The largest absolute Gasteiger partial charge is 0.389 e. The van der Waals surface area contributed by atoms with Crippen LogP contribution in [-0.4, -0.2) is 24.7 Å². The van der Waals surface area contributed by atoms with Crippen molar-refractivity contribution in [3.63, 3.8) is 0 Å². The molecule has 90 valence electrons. The third-order valence-corrected chi connectivity index (χ3v) is 1.96. The van der Waals surface area contributed by atoms with Crippen LogP contribution in [0.25, 0.3) is 0 Å². The summed E-state index contributed by atoms with van der Waals surface area (Å²) in [4.78, 5) is 11.2. The molecule has 0 aliphatic carbocycles. The monoisotopic (exact) mass is 226 g/mol. The minimum absolute atomic E-state index is 0.0127. The van der Waals surface area contributed by atoms with Crippen LogP contribution in [-0.2, 0) is 4.79 Å². The number of rotatable bonds is 5. The molecule has 15 heavy (non-hydrogen) atoms. The van der Waals surface area contributed by atoms with Crippen molar-refractivity contribution in [3.8, 4) is 0 Å². The highest BCUT2D eigenvalue weighted by molar-refractivity contribution is 5.81. The molecule has 0 aromatic heterocycles. The van der Waals surface area contributed by atoms with E-state index in [1.807, 2.05) is 0 Å². The minimum Gasteiger partial charge on any atom is -0.355 e. The van der Waals surface area contributed by atoms with E-state index in [1.54, 1.807) is 13.8 Å². The molecule has 6 heteroatoms. The fraction of sp³-hybridized carbons (Fsp3) is 0.889. The van der Waals surface area contributed by atoms with Gasteiger partial charge in [0.05, 0.1) is 6.04 Å². The topological polar surface area (TPSA) is 55.1 Å². The highest BCUT2D eigenvalue weighted by Crippen LogP contribution is 2.20. The molecule has 0 aromatic rings. The summed E-state index contributed by atoms with van der Waals surface area (Å²) in [7, 11) is 0. The van der Waals surface area contributed by atoms with Crippen molar-refractivity contribution < 1.29 is 18.0 Å². The van der Waals surface area contributed by atoms with Gasteiger partial charge in [-0.2, -0.15) is 13.2 Å². The van der Waals surface area contributed by atoms with Gasteiger partial charge in [0, 0.05) is 13.0 Å². The number of carbonyl (C=O) groups excluding carboxylic acids is 1. The van der Waals surface area contributed by atoms with Gasteiger partial charge < -0.3 is 11.1 Å². The molecule has 0 aliphatic heterocycles. The summed E-state index contributed by atoms with van der Waals surface area (Å²) in [5.74, 6) is -0.417. The number of hydrogen-bond acceptors (Lipinski definition) is 2. The van der Waals surface area contributed by atoms with Crippen molar-refractivity contribution in [2.75, 3.05) is 6.54 Å². The van der Waals surface area contributed by atoms with Gasteiger partial charge in [0.2, 0.25) is 5.91 Å². The van der Waals surface area contributed by atoms with Crippen molar-refractivity contribution in [2.24, 2.45) is 11.7 Å². The Morgan fingerprint density at radius 1 is 1.40 bits per heavy atom. The third-order valence-electron chi connectivity index (χ3n) is 1.96. The number of amides is 1. The molecule has 0 aromatic carbocycles. The van der Waals surface area contributed by atoms with Crippen molar-refractivity contribution in [1.29, 1.82) is 0 Å². The first-order chi connectivity index (χ1) is 6.74. The maximum absolute atomic E-state index is 11.7. The van der Waals surface area contributed by atoms with Crippen LogP contribution in [0.5, 0.6) is 0 Å². The molecule has 0 saturated carbocycles. The third kappa shape index (κ3) is 7.18. The van der Waals surface area contributed by atoms with Gasteiger partial charge in [0.1, 0.15) is 0 Å². The van der Waals surface area contributed by atoms with Crippen LogP contribution in [0.2, 0.25) is 0 Å². The lowest BCUT2D eigenvalue weighted by atomic mass is 10.1. The maximum Gasteiger partial charge on any atom is 0.389 e. The smallest absolute Gasteiger partial charge is 0.355 e. The number of carbonyl (C=O) groups is 1. The van der Waals surface area contributed by atoms with Gasteiger partial charge in [-0.15, -0.1) is 0 Å². The molecule has 0 radical (unpaired) electrons. The normalized spacial score (nSPS) is 14.1. The Balaban J connectivity index is 3.65. The van der Waals surface area contributed by atoms with Crippen LogP contribution < -0.4 is 11.1 Å². The summed E-state index contributed by atoms with van der Waals surface area (Å²) >= 11 is 0. The summed E-state index contributed by atoms with van der Waals surface area (Å²) in [6.07, 6.45) is -5.16. The van der Waals surface area contributed by atoms with E-state index in [9.17, 15) is 18.0 Å². The van der Waals surface area contributed by atoms with Gasteiger partial charge in [0.15, 0.2) is 0 Å². The van der Waals surface area contributed by atoms with Gasteiger partial charge in [-0.3, -0.25) is 4.79 Å². The van der Waals surface area contributed by atoms with Crippen LogP contribution in [0.4, 0.5) is 13.2 Å². The second kappa shape index (κ2) is 5.95. The zero-order valence-electron chi connectivity index (χ0n) is 8.90. The van der Waals surface area contributed by atoms with E-state index in [-0.39, 0.29) is 18.9 Å². The number of halogens is 3. The summed E-state index contributed by atoms with van der Waals surface area (Å²) < 4.78 is 35.2. The zero-order chi connectivity index (χ0) is 12.1. The first-order valence-electron chi connectivity index (χ1n) is 4.84. The average Bonchev–Trinajstić information content (AvgIpc) is 2.09.